The summed E-state index contributed by atoms with van der Waals surface area (Å²) < 4.78 is 7.80. The Labute approximate surface area is 118 Å². The lowest BCUT2D eigenvalue weighted by atomic mass is 10.3. The van der Waals surface area contributed by atoms with Crippen LogP contribution >= 0.6 is 39.0 Å². The van der Waals surface area contributed by atoms with Crippen LogP contribution in [0, 0.1) is 6.92 Å². The molecule has 5 heteroatoms. The van der Waals surface area contributed by atoms with E-state index in [0.29, 0.717) is 6.61 Å². The summed E-state index contributed by atoms with van der Waals surface area (Å²) in [7, 11) is 0. The lowest BCUT2D eigenvalue weighted by Gasteiger charge is -2.04. The Balaban J connectivity index is 1.71. The number of rotatable bonds is 5. The normalized spacial score (nSPS) is 10.5. The Morgan fingerprint density at radius 2 is 2.12 bits per heavy atom. The van der Waals surface area contributed by atoms with Gasteiger partial charge in [0.05, 0.1) is 6.61 Å². The fourth-order valence-electron chi connectivity index (χ4n) is 1.22. The second kappa shape index (κ2) is 6.42. The molecule has 0 aliphatic rings. The fourth-order valence-corrected chi connectivity index (χ4v) is 3.22. The molecular formula is C12H12BrNOS2. The first-order valence-corrected chi connectivity index (χ1v) is 7.83. The number of aryl methyl sites for hydroxylation is 1. The maximum Gasteiger partial charge on any atom is 0.150 e. The Morgan fingerprint density at radius 3 is 2.76 bits per heavy atom. The van der Waals surface area contributed by atoms with Crippen molar-refractivity contribution in [2.75, 3.05) is 12.4 Å². The molecule has 0 amide bonds. The molecule has 0 N–H and O–H groups in total. The first-order valence-electron chi connectivity index (χ1n) is 5.17. The summed E-state index contributed by atoms with van der Waals surface area (Å²) >= 11 is 6.82. The first kappa shape index (κ1) is 12.9. The van der Waals surface area contributed by atoms with E-state index in [1.165, 1.54) is 0 Å². The van der Waals surface area contributed by atoms with Gasteiger partial charge in [-0.1, -0.05) is 27.7 Å². The van der Waals surface area contributed by atoms with Crippen LogP contribution in [0.15, 0.2) is 38.5 Å². The quantitative estimate of drug-likeness (QED) is 0.600. The zero-order valence-corrected chi connectivity index (χ0v) is 12.6. The van der Waals surface area contributed by atoms with Gasteiger partial charge in [0.2, 0.25) is 0 Å². The van der Waals surface area contributed by atoms with Crippen molar-refractivity contribution in [1.82, 2.24) is 4.98 Å². The van der Waals surface area contributed by atoms with Gasteiger partial charge in [0, 0.05) is 21.3 Å². The summed E-state index contributed by atoms with van der Waals surface area (Å²) in [6, 6.07) is 7.88. The molecular weight excluding hydrogens is 318 g/mol. The lowest BCUT2D eigenvalue weighted by Crippen LogP contribution is -1.99. The van der Waals surface area contributed by atoms with Gasteiger partial charge in [-0.2, -0.15) is 0 Å². The van der Waals surface area contributed by atoms with Crippen molar-refractivity contribution in [3.8, 4) is 5.75 Å². The molecule has 1 heterocycles. The van der Waals surface area contributed by atoms with Gasteiger partial charge >= 0.3 is 0 Å². The molecule has 2 nitrogen and oxygen atoms in total. The summed E-state index contributed by atoms with van der Waals surface area (Å²) in [5.41, 5.74) is 1.09. The van der Waals surface area contributed by atoms with Crippen molar-refractivity contribution in [1.29, 1.82) is 0 Å². The lowest BCUT2D eigenvalue weighted by molar-refractivity contribution is 0.344. The minimum atomic E-state index is 0.699. The van der Waals surface area contributed by atoms with Gasteiger partial charge in [0.25, 0.3) is 0 Å². The van der Waals surface area contributed by atoms with E-state index in [9.17, 15) is 0 Å². The third-order valence-corrected chi connectivity index (χ3v) is 4.62. The molecule has 2 aromatic rings. The van der Waals surface area contributed by atoms with Gasteiger partial charge < -0.3 is 4.74 Å². The summed E-state index contributed by atoms with van der Waals surface area (Å²) in [6.45, 7) is 2.71. The monoisotopic (exact) mass is 329 g/mol. The number of halogens is 1. The smallest absolute Gasteiger partial charge is 0.150 e. The second-order valence-electron chi connectivity index (χ2n) is 3.41. The highest BCUT2D eigenvalue weighted by Crippen LogP contribution is 2.22. The van der Waals surface area contributed by atoms with Crippen molar-refractivity contribution in [3.63, 3.8) is 0 Å². The number of hydrogen-bond donors (Lipinski definition) is 0. The van der Waals surface area contributed by atoms with E-state index >= 15 is 0 Å². The summed E-state index contributed by atoms with van der Waals surface area (Å²) in [4.78, 5) is 4.39. The highest BCUT2D eigenvalue weighted by atomic mass is 79.9. The second-order valence-corrected chi connectivity index (χ2v) is 6.52. The summed E-state index contributed by atoms with van der Waals surface area (Å²) in [5, 5.41) is 2.07. The molecule has 1 aromatic heterocycles. The zero-order valence-electron chi connectivity index (χ0n) is 9.35. The number of ether oxygens (including phenoxy) is 1. The molecule has 0 saturated carbocycles. The molecule has 0 unspecified atom stereocenters. The van der Waals surface area contributed by atoms with E-state index in [4.69, 9.17) is 4.74 Å². The third-order valence-electron chi connectivity index (χ3n) is 1.99. The molecule has 0 spiro atoms. The topological polar surface area (TPSA) is 22.1 Å². The van der Waals surface area contributed by atoms with Crippen LogP contribution < -0.4 is 4.74 Å². The Morgan fingerprint density at radius 1 is 1.35 bits per heavy atom. The van der Waals surface area contributed by atoms with Crippen molar-refractivity contribution in [3.05, 3.63) is 39.8 Å². The van der Waals surface area contributed by atoms with Gasteiger partial charge in [0.1, 0.15) is 10.1 Å². The Kier molecular flexibility index (Phi) is 4.88. The van der Waals surface area contributed by atoms with Crippen LogP contribution in [0.2, 0.25) is 0 Å². The minimum absolute atomic E-state index is 0.699. The van der Waals surface area contributed by atoms with Gasteiger partial charge in [-0.3, -0.25) is 0 Å². The number of thiazole rings is 1. The van der Waals surface area contributed by atoms with Crippen molar-refractivity contribution in [2.24, 2.45) is 0 Å². The highest BCUT2D eigenvalue weighted by Gasteiger charge is 1.99. The maximum atomic E-state index is 5.62. The van der Waals surface area contributed by atoms with Gasteiger partial charge in [-0.15, -0.1) is 11.3 Å². The molecule has 17 heavy (non-hydrogen) atoms. The van der Waals surface area contributed by atoms with Crippen LogP contribution in [0.1, 0.15) is 5.69 Å². The van der Waals surface area contributed by atoms with Gasteiger partial charge in [-0.25, -0.2) is 4.98 Å². The molecule has 0 atom stereocenters. The van der Waals surface area contributed by atoms with E-state index in [-0.39, 0.29) is 0 Å². The average Bonchev–Trinajstić information content (AvgIpc) is 2.73. The number of thioether (sulfide) groups is 1. The molecule has 0 fully saturated rings. The molecule has 0 radical (unpaired) electrons. The number of aromatic nitrogens is 1. The van der Waals surface area contributed by atoms with Crippen molar-refractivity contribution in [2.45, 2.75) is 11.3 Å². The number of hydrogen-bond acceptors (Lipinski definition) is 4. The van der Waals surface area contributed by atoms with E-state index in [0.717, 1.165) is 26.0 Å². The van der Waals surface area contributed by atoms with Gasteiger partial charge in [-0.05, 0) is 31.2 Å². The highest BCUT2D eigenvalue weighted by molar-refractivity contribution is 9.10. The molecule has 1 aromatic carbocycles. The molecule has 90 valence electrons. The SMILES string of the molecule is Cc1csc(SCCOc2ccc(Br)cc2)n1. The van der Waals surface area contributed by atoms with Gasteiger partial charge in [0.15, 0.2) is 0 Å². The summed E-state index contributed by atoms with van der Waals surface area (Å²) in [5.74, 6) is 1.83. The molecule has 0 bridgehead atoms. The van der Waals surface area contributed by atoms with Crippen LogP contribution in [-0.4, -0.2) is 17.3 Å². The average molecular weight is 330 g/mol. The van der Waals surface area contributed by atoms with Crippen LogP contribution in [0.5, 0.6) is 5.75 Å². The van der Waals surface area contributed by atoms with E-state index in [1.807, 2.05) is 31.2 Å². The molecule has 0 aliphatic carbocycles. The largest absolute Gasteiger partial charge is 0.493 e. The minimum Gasteiger partial charge on any atom is -0.493 e. The predicted octanol–water partition coefficient (Wildman–Crippen LogP) is 4.39. The van der Waals surface area contributed by atoms with E-state index in [2.05, 4.69) is 26.3 Å². The van der Waals surface area contributed by atoms with Crippen LogP contribution in [0.25, 0.3) is 0 Å². The van der Waals surface area contributed by atoms with E-state index in [1.54, 1.807) is 23.1 Å². The molecule has 0 saturated heterocycles. The van der Waals surface area contributed by atoms with E-state index < -0.39 is 0 Å². The van der Waals surface area contributed by atoms with Crippen LogP contribution in [0.4, 0.5) is 0 Å². The van der Waals surface area contributed by atoms with Crippen LogP contribution in [0.3, 0.4) is 0 Å². The number of nitrogens with zero attached hydrogens (tertiary/aromatic N) is 1. The van der Waals surface area contributed by atoms with Crippen LogP contribution in [-0.2, 0) is 0 Å². The Bertz CT molecular complexity index is 470. The fraction of sp³-hybridized carbons (Fsp3) is 0.250. The van der Waals surface area contributed by atoms with Crippen molar-refractivity contribution >= 4 is 39.0 Å². The maximum absolute atomic E-state index is 5.62. The zero-order chi connectivity index (χ0) is 12.1. The standard InChI is InChI=1S/C12H12BrNOS2/c1-9-8-17-12(14-9)16-7-6-15-11-4-2-10(13)3-5-11/h2-5,8H,6-7H2,1H3. The number of benzene rings is 1. The summed E-state index contributed by atoms with van der Waals surface area (Å²) in [6.07, 6.45) is 0. The first-order chi connectivity index (χ1) is 8.24. The Hall–Kier alpha value is -0.520. The molecule has 0 aliphatic heterocycles. The third kappa shape index (κ3) is 4.33. The predicted molar refractivity (Wildman–Crippen MR) is 77.2 cm³/mol. The van der Waals surface area contributed by atoms with Crippen molar-refractivity contribution < 1.29 is 4.74 Å². The molecule has 2 rings (SSSR count).